The van der Waals surface area contributed by atoms with Crippen LogP contribution in [0.15, 0.2) is 36.5 Å². The van der Waals surface area contributed by atoms with Gasteiger partial charge in [0.2, 0.25) is 0 Å². The lowest BCUT2D eigenvalue weighted by Gasteiger charge is -2.06. The van der Waals surface area contributed by atoms with Gasteiger partial charge in [-0.3, -0.25) is 4.98 Å². The Kier molecular flexibility index (Phi) is 2.29. The van der Waals surface area contributed by atoms with Crippen molar-refractivity contribution in [3.63, 3.8) is 0 Å². The first kappa shape index (κ1) is 9.52. The minimum atomic E-state index is 0.697. The molecule has 0 atom stereocenters. The van der Waals surface area contributed by atoms with E-state index in [1.165, 1.54) is 0 Å². The SMILES string of the molecule is Cc1ccnc(-c2cc(N)ccc2N)c1. The van der Waals surface area contributed by atoms with Crippen LogP contribution in [-0.4, -0.2) is 4.98 Å². The molecule has 0 aliphatic heterocycles. The molecule has 0 spiro atoms. The van der Waals surface area contributed by atoms with E-state index in [0.29, 0.717) is 11.4 Å². The highest BCUT2D eigenvalue weighted by atomic mass is 14.7. The summed E-state index contributed by atoms with van der Waals surface area (Å²) in [4.78, 5) is 4.28. The summed E-state index contributed by atoms with van der Waals surface area (Å²) in [7, 11) is 0. The second-order valence-electron chi connectivity index (χ2n) is 3.57. The van der Waals surface area contributed by atoms with Crippen LogP contribution in [0.4, 0.5) is 11.4 Å². The van der Waals surface area contributed by atoms with E-state index in [1.54, 1.807) is 18.3 Å². The topological polar surface area (TPSA) is 64.9 Å². The summed E-state index contributed by atoms with van der Waals surface area (Å²) in [5.41, 5.74) is 15.9. The molecule has 2 rings (SSSR count). The van der Waals surface area contributed by atoms with Crippen molar-refractivity contribution in [2.75, 3.05) is 11.5 Å². The van der Waals surface area contributed by atoms with Crippen LogP contribution in [0.25, 0.3) is 11.3 Å². The Balaban J connectivity index is 2.58. The zero-order chi connectivity index (χ0) is 10.8. The predicted octanol–water partition coefficient (Wildman–Crippen LogP) is 2.22. The van der Waals surface area contributed by atoms with Crippen LogP contribution in [0.5, 0.6) is 0 Å². The second kappa shape index (κ2) is 3.61. The lowest BCUT2D eigenvalue weighted by Crippen LogP contribution is -1.94. The number of hydrogen-bond acceptors (Lipinski definition) is 3. The van der Waals surface area contributed by atoms with Crippen LogP contribution < -0.4 is 11.5 Å². The van der Waals surface area contributed by atoms with Gasteiger partial charge in [0.1, 0.15) is 0 Å². The summed E-state index contributed by atoms with van der Waals surface area (Å²) in [5.74, 6) is 0. The van der Waals surface area contributed by atoms with Gasteiger partial charge in [0.25, 0.3) is 0 Å². The number of pyridine rings is 1. The molecular weight excluding hydrogens is 186 g/mol. The van der Waals surface area contributed by atoms with Crippen molar-refractivity contribution in [1.29, 1.82) is 0 Å². The summed E-state index contributed by atoms with van der Waals surface area (Å²) in [6.45, 7) is 2.02. The zero-order valence-corrected chi connectivity index (χ0v) is 8.57. The van der Waals surface area contributed by atoms with E-state index in [9.17, 15) is 0 Å². The van der Waals surface area contributed by atoms with Crippen molar-refractivity contribution in [3.05, 3.63) is 42.1 Å². The van der Waals surface area contributed by atoms with Gasteiger partial charge >= 0.3 is 0 Å². The number of aromatic nitrogens is 1. The third-order valence-electron chi connectivity index (χ3n) is 2.27. The van der Waals surface area contributed by atoms with E-state index in [0.717, 1.165) is 16.8 Å². The smallest absolute Gasteiger partial charge is 0.0726 e. The standard InChI is InChI=1S/C12H13N3/c1-8-4-5-15-12(6-8)10-7-9(13)2-3-11(10)14/h2-7H,13-14H2,1H3. The second-order valence-corrected chi connectivity index (χ2v) is 3.57. The zero-order valence-electron chi connectivity index (χ0n) is 8.57. The molecule has 0 saturated carbocycles. The molecule has 0 bridgehead atoms. The highest BCUT2D eigenvalue weighted by Gasteiger charge is 2.04. The Morgan fingerprint density at radius 2 is 1.87 bits per heavy atom. The van der Waals surface area contributed by atoms with Crippen molar-refractivity contribution in [1.82, 2.24) is 4.98 Å². The van der Waals surface area contributed by atoms with Crippen molar-refractivity contribution >= 4 is 11.4 Å². The third-order valence-corrected chi connectivity index (χ3v) is 2.27. The number of nitrogens with zero attached hydrogens (tertiary/aromatic N) is 1. The average Bonchev–Trinajstić information content (AvgIpc) is 2.22. The Morgan fingerprint density at radius 1 is 1.07 bits per heavy atom. The molecule has 3 heteroatoms. The minimum absolute atomic E-state index is 0.697. The third kappa shape index (κ3) is 1.91. The van der Waals surface area contributed by atoms with Crippen molar-refractivity contribution in [3.8, 4) is 11.3 Å². The molecule has 1 aromatic heterocycles. The van der Waals surface area contributed by atoms with E-state index in [4.69, 9.17) is 11.5 Å². The normalized spacial score (nSPS) is 10.2. The fraction of sp³-hybridized carbons (Fsp3) is 0.0833. The first-order valence-electron chi connectivity index (χ1n) is 4.75. The summed E-state index contributed by atoms with van der Waals surface area (Å²) < 4.78 is 0. The fourth-order valence-corrected chi connectivity index (χ4v) is 1.48. The summed E-state index contributed by atoms with van der Waals surface area (Å²) in [6, 6.07) is 9.37. The van der Waals surface area contributed by atoms with E-state index in [-0.39, 0.29) is 0 Å². The maximum atomic E-state index is 5.88. The van der Waals surface area contributed by atoms with Crippen LogP contribution in [0, 0.1) is 6.92 Å². The van der Waals surface area contributed by atoms with Gasteiger partial charge in [-0.15, -0.1) is 0 Å². The Morgan fingerprint density at radius 3 is 2.60 bits per heavy atom. The monoisotopic (exact) mass is 199 g/mol. The Bertz CT molecular complexity index is 492. The first-order chi connectivity index (χ1) is 7.16. The average molecular weight is 199 g/mol. The summed E-state index contributed by atoms with van der Waals surface area (Å²) in [6.07, 6.45) is 1.77. The van der Waals surface area contributed by atoms with E-state index < -0.39 is 0 Å². The molecule has 0 amide bonds. The molecule has 0 fully saturated rings. The van der Waals surface area contributed by atoms with Gasteiger partial charge in [0.15, 0.2) is 0 Å². The molecule has 0 unspecified atom stereocenters. The Hall–Kier alpha value is -2.03. The number of rotatable bonds is 1. The van der Waals surface area contributed by atoms with Gasteiger partial charge in [0.05, 0.1) is 5.69 Å². The maximum Gasteiger partial charge on any atom is 0.0726 e. The van der Waals surface area contributed by atoms with Gasteiger partial charge in [-0.05, 0) is 42.8 Å². The maximum absolute atomic E-state index is 5.88. The van der Waals surface area contributed by atoms with E-state index >= 15 is 0 Å². The largest absolute Gasteiger partial charge is 0.399 e. The van der Waals surface area contributed by atoms with Gasteiger partial charge < -0.3 is 11.5 Å². The lowest BCUT2D eigenvalue weighted by atomic mass is 10.1. The van der Waals surface area contributed by atoms with E-state index in [2.05, 4.69) is 4.98 Å². The molecule has 15 heavy (non-hydrogen) atoms. The summed E-state index contributed by atoms with van der Waals surface area (Å²) in [5, 5.41) is 0. The molecule has 0 radical (unpaired) electrons. The van der Waals surface area contributed by atoms with Crippen molar-refractivity contribution < 1.29 is 0 Å². The number of anilines is 2. The van der Waals surface area contributed by atoms with Crippen molar-refractivity contribution in [2.24, 2.45) is 0 Å². The molecular formula is C12H13N3. The molecule has 4 N–H and O–H groups in total. The lowest BCUT2D eigenvalue weighted by molar-refractivity contribution is 1.29. The first-order valence-corrected chi connectivity index (χ1v) is 4.75. The molecule has 1 aromatic carbocycles. The fourth-order valence-electron chi connectivity index (χ4n) is 1.48. The highest BCUT2D eigenvalue weighted by molar-refractivity contribution is 5.77. The van der Waals surface area contributed by atoms with Crippen LogP contribution in [0.3, 0.4) is 0 Å². The number of aryl methyl sites for hydroxylation is 1. The number of hydrogen-bond donors (Lipinski definition) is 2. The van der Waals surface area contributed by atoms with E-state index in [1.807, 2.05) is 25.1 Å². The quantitative estimate of drug-likeness (QED) is 0.692. The molecule has 3 nitrogen and oxygen atoms in total. The molecule has 2 aromatic rings. The van der Waals surface area contributed by atoms with Crippen LogP contribution in [0.2, 0.25) is 0 Å². The number of nitrogens with two attached hydrogens (primary N) is 2. The molecule has 1 heterocycles. The van der Waals surface area contributed by atoms with Gasteiger partial charge in [-0.25, -0.2) is 0 Å². The molecule has 76 valence electrons. The van der Waals surface area contributed by atoms with Crippen LogP contribution in [-0.2, 0) is 0 Å². The molecule has 0 aliphatic rings. The number of nitrogen functional groups attached to an aromatic ring is 2. The van der Waals surface area contributed by atoms with Gasteiger partial charge in [-0.1, -0.05) is 0 Å². The van der Waals surface area contributed by atoms with Crippen LogP contribution in [0.1, 0.15) is 5.56 Å². The predicted molar refractivity (Wildman–Crippen MR) is 63.2 cm³/mol. The molecule has 0 saturated heterocycles. The minimum Gasteiger partial charge on any atom is -0.399 e. The summed E-state index contributed by atoms with van der Waals surface area (Å²) >= 11 is 0. The number of benzene rings is 1. The Labute approximate surface area is 88.8 Å². The van der Waals surface area contributed by atoms with Crippen LogP contribution >= 0.6 is 0 Å². The van der Waals surface area contributed by atoms with Gasteiger partial charge in [0, 0.05) is 23.1 Å². The molecule has 0 aliphatic carbocycles. The van der Waals surface area contributed by atoms with Crippen molar-refractivity contribution in [2.45, 2.75) is 6.92 Å². The van der Waals surface area contributed by atoms with Gasteiger partial charge in [-0.2, -0.15) is 0 Å². The highest BCUT2D eigenvalue weighted by Crippen LogP contribution is 2.26.